The lowest BCUT2D eigenvalue weighted by Crippen LogP contribution is -2.66. The van der Waals surface area contributed by atoms with Gasteiger partial charge in [0, 0.05) is 13.5 Å². The van der Waals surface area contributed by atoms with Crippen LogP contribution in [0.1, 0.15) is 28.7 Å². The summed E-state index contributed by atoms with van der Waals surface area (Å²) in [6.07, 6.45) is -9.49. The molecule has 0 radical (unpaired) electrons. The van der Waals surface area contributed by atoms with E-state index in [0.29, 0.717) is 5.56 Å². The number of hydrogen-bond acceptors (Lipinski definition) is 9. The fourth-order valence-electron chi connectivity index (χ4n) is 6.00. The predicted molar refractivity (Wildman–Crippen MR) is 192 cm³/mol. The second-order valence-corrected chi connectivity index (χ2v) is 12.7. The fourth-order valence-corrected chi connectivity index (χ4v) is 6.00. The number of carbonyl (C=O) groups is 2. The van der Waals surface area contributed by atoms with Crippen molar-refractivity contribution in [3.63, 3.8) is 0 Å². The first-order chi connectivity index (χ1) is 26.2. The molecule has 0 aliphatic carbocycles. The molecule has 1 amide bonds. The second kappa shape index (κ2) is 20.6. The van der Waals surface area contributed by atoms with Gasteiger partial charge in [0.15, 0.2) is 6.10 Å². The van der Waals surface area contributed by atoms with E-state index in [1.165, 1.54) is 7.11 Å². The first-order valence-corrected chi connectivity index (χ1v) is 17.5. The Bertz CT molecular complexity index is 1690. The van der Waals surface area contributed by atoms with Crippen molar-refractivity contribution in [1.82, 2.24) is 5.32 Å². The molecule has 5 rings (SSSR count). The van der Waals surface area contributed by atoms with Crippen molar-refractivity contribution in [2.75, 3.05) is 20.5 Å². The topological polar surface area (TPSA) is 131 Å². The lowest BCUT2D eigenvalue weighted by Gasteiger charge is -2.48. The van der Waals surface area contributed by atoms with E-state index in [0.717, 1.165) is 16.7 Å². The molecule has 11 nitrogen and oxygen atoms in total. The van der Waals surface area contributed by atoms with Gasteiger partial charge in [-0.3, -0.25) is 0 Å². The molecule has 1 heterocycles. The van der Waals surface area contributed by atoms with Crippen molar-refractivity contribution in [3.8, 4) is 0 Å². The molecular weight excluding hydrogens is 704 g/mol. The number of nitrogens with one attached hydrogen (secondary N) is 1. The van der Waals surface area contributed by atoms with Gasteiger partial charge in [-0.05, 0) is 22.3 Å². The number of carboxylic acids is 1. The predicted octanol–water partition coefficient (Wildman–Crippen LogP) is 6.54. The smallest absolute Gasteiger partial charge is 0.408 e. The number of alkyl carbamates (subject to hydrolysis) is 1. The van der Waals surface area contributed by atoms with Crippen molar-refractivity contribution >= 4 is 12.1 Å². The Labute approximate surface area is 313 Å². The van der Waals surface area contributed by atoms with Crippen LogP contribution in [-0.2, 0) is 64.4 Å². The van der Waals surface area contributed by atoms with Gasteiger partial charge in [-0.15, -0.1) is 0 Å². The summed E-state index contributed by atoms with van der Waals surface area (Å²) in [6, 6.07) is 34.3. The Balaban J connectivity index is 1.43. The Kier molecular flexibility index (Phi) is 15.4. The molecule has 0 aromatic heterocycles. The van der Waals surface area contributed by atoms with E-state index >= 15 is 8.78 Å². The van der Waals surface area contributed by atoms with Gasteiger partial charge in [0.05, 0.1) is 26.4 Å². The molecule has 0 unspecified atom stereocenters. The summed E-state index contributed by atoms with van der Waals surface area (Å²) in [7, 11) is 1.34. The van der Waals surface area contributed by atoms with Gasteiger partial charge in [0.25, 0.3) is 5.92 Å². The van der Waals surface area contributed by atoms with Crippen LogP contribution in [0.25, 0.3) is 0 Å². The molecule has 0 saturated carbocycles. The maximum atomic E-state index is 16.7. The van der Waals surface area contributed by atoms with Crippen molar-refractivity contribution in [2.24, 2.45) is 0 Å². The number of halogens is 2. The summed E-state index contributed by atoms with van der Waals surface area (Å²) >= 11 is 0. The van der Waals surface area contributed by atoms with E-state index in [4.69, 9.17) is 33.2 Å². The van der Waals surface area contributed by atoms with Crippen LogP contribution >= 0.6 is 0 Å². The highest BCUT2D eigenvalue weighted by atomic mass is 19.3. The Morgan fingerprint density at radius 2 is 1.19 bits per heavy atom. The number of ether oxygens (including phenoxy) is 7. The lowest BCUT2D eigenvalue weighted by molar-refractivity contribution is -0.317. The molecule has 4 aromatic rings. The molecule has 6 atom stereocenters. The summed E-state index contributed by atoms with van der Waals surface area (Å²) < 4.78 is 74.7. The SMILES string of the molecule is COCO[C@@H]1[C@@H](OCc2ccccc2)[C@@H](OCc2ccccc2)[C@@H](COCc2ccccc2)O[C@@H]1C(F)(F)C[C@H](NC(=O)OCc1ccccc1)C(=O)O. The third kappa shape index (κ3) is 12.1. The minimum absolute atomic E-state index is 0.00594. The summed E-state index contributed by atoms with van der Waals surface area (Å²) in [5.74, 6) is -5.62. The normalized spacial score (nSPS) is 20.5. The molecular formula is C41H45F2NO10. The molecule has 54 heavy (non-hydrogen) atoms. The summed E-state index contributed by atoms with van der Waals surface area (Å²) in [5, 5.41) is 12.0. The quantitative estimate of drug-likeness (QED) is 0.0962. The van der Waals surface area contributed by atoms with Crippen LogP contribution < -0.4 is 5.32 Å². The van der Waals surface area contributed by atoms with E-state index in [-0.39, 0.29) is 33.0 Å². The molecule has 1 fully saturated rings. The zero-order chi connectivity index (χ0) is 38.2. The lowest BCUT2D eigenvalue weighted by atomic mass is 9.88. The Morgan fingerprint density at radius 1 is 0.704 bits per heavy atom. The average molecular weight is 750 g/mol. The number of carboxylic acid groups (broad SMARTS) is 1. The Morgan fingerprint density at radius 3 is 1.69 bits per heavy atom. The average Bonchev–Trinajstić information content (AvgIpc) is 3.19. The maximum absolute atomic E-state index is 16.7. The van der Waals surface area contributed by atoms with E-state index < -0.39 is 67.8 Å². The molecule has 0 spiro atoms. The molecule has 13 heteroatoms. The third-order valence-corrected chi connectivity index (χ3v) is 8.67. The minimum Gasteiger partial charge on any atom is -0.480 e. The van der Waals surface area contributed by atoms with E-state index in [1.807, 2.05) is 91.0 Å². The van der Waals surface area contributed by atoms with Gasteiger partial charge in [-0.1, -0.05) is 121 Å². The van der Waals surface area contributed by atoms with Gasteiger partial charge < -0.3 is 43.6 Å². The highest BCUT2D eigenvalue weighted by Gasteiger charge is 2.58. The number of rotatable bonds is 20. The first kappa shape index (κ1) is 40.4. The number of hydrogen-bond donors (Lipinski definition) is 2. The first-order valence-electron chi connectivity index (χ1n) is 17.5. The van der Waals surface area contributed by atoms with Gasteiger partial charge in [0.1, 0.15) is 43.9 Å². The van der Waals surface area contributed by atoms with Crippen LogP contribution in [-0.4, -0.2) is 80.2 Å². The molecule has 1 aliphatic heterocycles. The highest BCUT2D eigenvalue weighted by Crippen LogP contribution is 2.39. The molecule has 2 N–H and O–H groups in total. The number of carbonyl (C=O) groups excluding carboxylic acids is 1. The van der Waals surface area contributed by atoms with Crippen LogP contribution in [0, 0.1) is 0 Å². The molecule has 0 bridgehead atoms. The molecule has 1 saturated heterocycles. The van der Waals surface area contributed by atoms with E-state index in [9.17, 15) is 14.7 Å². The van der Waals surface area contributed by atoms with Crippen molar-refractivity contribution in [2.45, 2.75) is 75.3 Å². The Hall–Kier alpha value is -4.76. The standard InChI is InChI=1S/C41H45F2NO10/c1-48-28-53-37-36(51-25-31-18-10-4-11-19-31)35(50-24-30-16-8-3-9-17-30)34(27-49-23-29-14-6-2-7-15-29)54-38(37)41(42,43)22-33(39(45)46)44-40(47)52-26-32-20-12-5-13-21-32/h2-21,33-38H,22-28H2,1H3,(H,44,47)(H,45,46)/t33-,34+,35-,36-,37+,38-/m0/s1. The van der Waals surface area contributed by atoms with Crippen LogP contribution in [0.4, 0.5) is 13.6 Å². The molecule has 288 valence electrons. The largest absolute Gasteiger partial charge is 0.480 e. The summed E-state index contributed by atoms with van der Waals surface area (Å²) in [4.78, 5) is 24.9. The number of aliphatic carboxylic acids is 1. The van der Waals surface area contributed by atoms with Gasteiger partial charge in [-0.2, -0.15) is 0 Å². The third-order valence-electron chi connectivity index (χ3n) is 8.67. The van der Waals surface area contributed by atoms with Crippen molar-refractivity contribution < 1.29 is 56.6 Å². The van der Waals surface area contributed by atoms with Crippen LogP contribution in [0.2, 0.25) is 0 Å². The van der Waals surface area contributed by atoms with Crippen molar-refractivity contribution in [1.29, 1.82) is 0 Å². The minimum atomic E-state index is -3.93. The fraction of sp³-hybridized carbons (Fsp3) is 0.366. The summed E-state index contributed by atoms with van der Waals surface area (Å²) in [5.41, 5.74) is 3.06. The van der Waals surface area contributed by atoms with Gasteiger partial charge in [0.2, 0.25) is 0 Å². The van der Waals surface area contributed by atoms with Crippen LogP contribution in [0.5, 0.6) is 0 Å². The van der Waals surface area contributed by atoms with Crippen LogP contribution in [0.3, 0.4) is 0 Å². The zero-order valence-electron chi connectivity index (χ0n) is 29.8. The van der Waals surface area contributed by atoms with Crippen LogP contribution in [0.15, 0.2) is 121 Å². The van der Waals surface area contributed by atoms with Gasteiger partial charge in [-0.25, -0.2) is 18.4 Å². The maximum Gasteiger partial charge on any atom is 0.408 e. The monoisotopic (exact) mass is 749 g/mol. The number of amides is 1. The highest BCUT2D eigenvalue weighted by molar-refractivity contribution is 5.80. The molecule has 1 aliphatic rings. The van der Waals surface area contributed by atoms with E-state index in [2.05, 4.69) is 5.32 Å². The number of methoxy groups -OCH3 is 1. The summed E-state index contributed by atoms with van der Waals surface area (Å²) in [6.45, 7) is -0.546. The number of alkyl halides is 2. The zero-order valence-corrected chi connectivity index (χ0v) is 29.8. The van der Waals surface area contributed by atoms with Gasteiger partial charge >= 0.3 is 12.1 Å². The molecule has 4 aromatic carbocycles. The van der Waals surface area contributed by atoms with Crippen molar-refractivity contribution in [3.05, 3.63) is 144 Å². The second-order valence-electron chi connectivity index (χ2n) is 12.7. The van der Waals surface area contributed by atoms with E-state index in [1.54, 1.807) is 30.3 Å². The number of benzene rings is 4.